The summed E-state index contributed by atoms with van der Waals surface area (Å²) in [7, 11) is 2.00. The highest BCUT2D eigenvalue weighted by Gasteiger charge is 2.46. The Bertz CT molecular complexity index is 143. The quantitative estimate of drug-likeness (QED) is 0.610. The molecule has 1 unspecified atom stereocenters. The van der Waals surface area contributed by atoms with Gasteiger partial charge in [0.15, 0.2) is 0 Å². The zero-order valence-electron chi connectivity index (χ0n) is 7.10. The van der Waals surface area contributed by atoms with E-state index in [1.807, 2.05) is 7.05 Å². The first-order chi connectivity index (χ1) is 5.37. The maximum absolute atomic E-state index is 5.41. The summed E-state index contributed by atoms with van der Waals surface area (Å²) in [6, 6.07) is 0. The lowest BCUT2D eigenvalue weighted by Crippen LogP contribution is -2.62. The minimum Gasteiger partial charge on any atom is -0.379 e. The van der Waals surface area contributed by atoms with Crippen molar-refractivity contribution < 1.29 is 4.74 Å². The summed E-state index contributed by atoms with van der Waals surface area (Å²) in [6.07, 6.45) is 2.56. The highest BCUT2D eigenvalue weighted by Crippen LogP contribution is 2.36. The molecule has 1 atom stereocenters. The van der Waals surface area contributed by atoms with Crippen molar-refractivity contribution in [3.8, 4) is 0 Å². The molecule has 2 heterocycles. The molecular formula is C8H16N2O. The largest absolute Gasteiger partial charge is 0.379 e. The Balaban J connectivity index is 1.92. The van der Waals surface area contributed by atoms with Crippen molar-refractivity contribution in [2.45, 2.75) is 18.4 Å². The smallest absolute Gasteiger partial charge is 0.0652 e. The van der Waals surface area contributed by atoms with Gasteiger partial charge in [0, 0.05) is 25.4 Å². The number of ether oxygens (including phenoxy) is 1. The molecule has 0 saturated carbocycles. The number of nitrogens with zero attached hydrogens (tertiary/aromatic N) is 1. The minimum absolute atomic E-state index is 0.434. The Hall–Kier alpha value is -0.120. The second kappa shape index (κ2) is 2.73. The topological polar surface area (TPSA) is 24.5 Å². The summed E-state index contributed by atoms with van der Waals surface area (Å²) in [4.78, 5) is 2.49. The van der Waals surface area contributed by atoms with E-state index in [1.54, 1.807) is 0 Å². The molecule has 3 nitrogen and oxygen atoms in total. The van der Waals surface area contributed by atoms with Gasteiger partial charge in [0.05, 0.1) is 6.61 Å². The molecule has 0 amide bonds. The molecule has 3 heteroatoms. The van der Waals surface area contributed by atoms with Gasteiger partial charge < -0.3 is 10.1 Å². The monoisotopic (exact) mass is 156 g/mol. The molecule has 0 aromatic rings. The van der Waals surface area contributed by atoms with Gasteiger partial charge in [0.2, 0.25) is 0 Å². The van der Waals surface area contributed by atoms with E-state index < -0.39 is 0 Å². The van der Waals surface area contributed by atoms with E-state index in [4.69, 9.17) is 4.74 Å². The SMILES string of the molecule is CNCN1CCC12CCOC2. The maximum Gasteiger partial charge on any atom is 0.0652 e. The van der Waals surface area contributed by atoms with Gasteiger partial charge in [-0.25, -0.2) is 0 Å². The van der Waals surface area contributed by atoms with Gasteiger partial charge in [-0.3, -0.25) is 4.90 Å². The van der Waals surface area contributed by atoms with Crippen molar-refractivity contribution in [3.63, 3.8) is 0 Å². The van der Waals surface area contributed by atoms with Crippen molar-refractivity contribution in [1.29, 1.82) is 0 Å². The lowest BCUT2D eigenvalue weighted by Gasteiger charge is -2.49. The van der Waals surface area contributed by atoms with Gasteiger partial charge in [0.25, 0.3) is 0 Å². The number of rotatable bonds is 2. The first kappa shape index (κ1) is 7.53. The van der Waals surface area contributed by atoms with Crippen LogP contribution in [0, 0.1) is 0 Å². The van der Waals surface area contributed by atoms with Crippen LogP contribution in [0.2, 0.25) is 0 Å². The fraction of sp³-hybridized carbons (Fsp3) is 1.00. The lowest BCUT2D eigenvalue weighted by molar-refractivity contribution is -0.0247. The molecule has 64 valence electrons. The summed E-state index contributed by atoms with van der Waals surface area (Å²) in [6.45, 7) is 4.17. The second-order valence-electron chi connectivity index (χ2n) is 3.55. The fourth-order valence-corrected chi connectivity index (χ4v) is 2.07. The molecule has 2 rings (SSSR count). The summed E-state index contributed by atoms with van der Waals surface area (Å²) >= 11 is 0. The molecule has 11 heavy (non-hydrogen) atoms. The van der Waals surface area contributed by atoms with Crippen molar-refractivity contribution in [3.05, 3.63) is 0 Å². The summed E-state index contributed by atoms with van der Waals surface area (Å²) in [5.41, 5.74) is 0.434. The summed E-state index contributed by atoms with van der Waals surface area (Å²) in [5, 5.41) is 3.19. The third kappa shape index (κ3) is 1.08. The van der Waals surface area contributed by atoms with Gasteiger partial charge in [0.1, 0.15) is 0 Å². The van der Waals surface area contributed by atoms with Crippen LogP contribution in [-0.2, 0) is 4.74 Å². The van der Waals surface area contributed by atoms with E-state index in [-0.39, 0.29) is 0 Å². The van der Waals surface area contributed by atoms with E-state index in [9.17, 15) is 0 Å². The number of hydrogen-bond donors (Lipinski definition) is 1. The fourth-order valence-electron chi connectivity index (χ4n) is 2.07. The van der Waals surface area contributed by atoms with Gasteiger partial charge >= 0.3 is 0 Å². The van der Waals surface area contributed by atoms with E-state index in [2.05, 4.69) is 10.2 Å². The number of nitrogens with one attached hydrogen (secondary N) is 1. The molecule has 1 spiro atoms. The Kier molecular flexibility index (Phi) is 1.87. The molecule has 0 bridgehead atoms. The van der Waals surface area contributed by atoms with Gasteiger partial charge in [-0.05, 0) is 19.9 Å². The molecular weight excluding hydrogens is 140 g/mol. The highest BCUT2D eigenvalue weighted by molar-refractivity contribution is 5.01. The minimum atomic E-state index is 0.434. The van der Waals surface area contributed by atoms with Crippen LogP contribution < -0.4 is 5.32 Å². The van der Waals surface area contributed by atoms with Crippen LogP contribution in [0.4, 0.5) is 0 Å². The molecule has 0 radical (unpaired) electrons. The van der Waals surface area contributed by atoms with Crippen molar-refractivity contribution >= 4 is 0 Å². The average molecular weight is 156 g/mol. The third-order valence-electron chi connectivity index (χ3n) is 2.95. The van der Waals surface area contributed by atoms with Crippen LogP contribution in [0.15, 0.2) is 0 Å². The average Bonchev–Trinajstić information content (AvgIpc) is 2.48. The van der Waals surface area contributed by atoms with E-state index in [0.717, 1.165) is 19.9 Å². The number of hydrogen-bond acceptors (Lipinski definition) is 3. The van der Waals surface area contributed by atoms with Gasteiger partial charge in [-0.15, -0.1) is 0 Å². The molecule has 0 aromatic heterocycles. The zero-order chi connectivity index (χ0) is 7.73. The Morgan fingerprint density at radius 3 is 2.91 bits per heavy atom. The van der Waals surface area contributed by atoms with E-state index in [0.29, 0.717) is 5.54 Å². The predicted octanol–water partition coefficient (Wildman–Crippen LogP) is 0.0281. The predicted molar refractivity (Wildman–Crippen MR) is 43.4 cm³/mol. The summed E-state index contributed by atoms with van der Waals surface area (Å²) in [5.74, 6) is 0. The third-order valence-corrected chi connectivity index (χ3v) is 2.95. The van der Waals surface area contributed by atoms with Gasteiger partial charge in [-0.2, -0.15) is 0 Å². The molecule has 1 N–H and O–H groups in total. The van der Waals surface area contributed by atoms with E-state index >= 15 is 0 Å². The summed E-state index contributed by atoms with van der Waals surface area (Å²) < 4.78 is 5.41. The molecule has 0 aliphatic carbocycles. The van der Waals surface area contributed by atoms with Crippen molar-refractivity contribution in [2.75, 3.05) is 33.5 Å². The maximum atomic E-state index is 5.41. The van der Waals surface area contributed by atoms with E-state index in [1.165, 1.54) is 19.4 Å². The molecule has 0 aromatic carbocycles. The van der Waals surface area contributed by atoms with Crippen LogP contribution in [-0.4, -0.2) is 43.9 Å². The first-order valence-corrected chi connectivity index (χ1v) is 4.35. The first-order valence-electron chi connectivity index (χ1n) is 4.35. The molecule has 2 saturated heterocycles. The van der Waals surface area contributed by atoms with Crippen LogP contribution in [0.3, 0.4) is 0 Å². The van der Waals surface area contributed by atoms with Crippen LogP contribution in [0.25, 0.3) is 0 Å². The molecule has 2 fully saturated rings. The Morgan fingerprint density at radius 2 is 2.45 bits per heavy atom. The van der Waals surface area contributed by atoms with Crippen molar-refractivity contribution in [2.24, 2.45) is 0 Å². The molecule has 2 aliphatic rings. The Morgan fingerprint density at radius 1 is 1.55 bits per heavy atom. The lowest BCUT2D eigenvalue weighted by atomic mass is 9.84. The van der Waals surface area contributed by atoms with Crippen LogP contribution in [0.5, 0.6) is 0 Å². The highest BCUT2D eigenvalue weighted by atomic mass is 16.5. The van der Waals surface area contributed by atoms with Crippen LogP contribution >= 0.6 is 0 Å². The number of likely N-dealkylation sites (tertiary alicyclic amines) is 1. The standard InChI is InChI=1S/C8H16N2O/c1-9-7-10-4-2-8(10)3-5-11-6-8/h9H,2-7H2,1H3. The van der Waals surface area contributed by atoms with Crippen molar-refractivity contribution in [1.82, 2.24) is 10.2 Å². The van der Waals surface area contributed by atoms with Crippen LogP contribution in [0.1, 0.15) is 12.8 Å². The van der Waals surface area contributed by atoms with Gasteiger partial charge in [-0.1, -0.05) is 0 Å². The second-order valence-corrected chi connectivity index (χ2v) is 3.55. The normalized spacial score (nSPS) is 37.9. The Labute approximate surface area is 67.7 Å². The zero-order valence-corrected chi connectivity index (χ0v) is 7.10. The molecule has 2 aliphatic heterocycles.